The second-order valence-electron chi connectivity index (χ2n) is 7.75. The van der Waals surface area contributed by atoms with Crippen LogP contribution in [-0.4, -0.2) is 12.1 Å². The maximum atomic E-state index is 13.7. The van der Waals surface area contributed by atoms with Crippen molar-refractivity contribution >= 4 is 28.7 Å². The Morgan fingerprint density at radius 2 is 1.68 bits per heavy atom. The minimum atomic E-state index is -0.0940. The average Bonchev–Trinajstić information content (AvgIpc) is 2.75. The molecule has 0 saturated heterocycles. The van der Waals surface area contributed by atoms with Crippen molar-refractivity contribution in [1.29, 1.82) is 0 Å². The van der Waals surface area contributed by atoms with Crippen LogP contribution >= 0.6 is 12.2 Å². The predicted molar refractivity (Wildman–Crippen MR) is 128 cm³/mol. The second-order valence-corrected chi connectivity index (χ2v) is 8.16. The number of hydrogen-bond donors (Lipinski definition) is 1. The first-order chi connectivity index (χ1) is 14.8. The number of aryl methyl sites for hydroxylation is 4. The molecule has 5 heteroatoms. The summed E-state index contributed by atoms with van der Waals surface area (Å²) in [5.74, 6) is 0.706. The number of aromatic nitrogens is 1. The zero-order chi connectivity index (χ0) is 22.5. The number of benzene rings is 2. The molecule has 160 valence electrons. The van der Waals surface area contributed by atoms with Gasteiger partial charge in [0.05, 0.1) is 7.11 Å². The van der Waals surface area contributed by atoms with Crippen LogP contribution in [0.1, 0.15) is 33.4 Å². The Morgan fingerprint density at radius 3 is 2.32 bits per heavy atom. The zero-order valence-electron chi connectivity index (χ0n) is 18.7. The summed E-state index contributed by atoms with van der Waals surface area (Å²) in [6.45, 7) is 8.54. The third kappa shape index (κ3) is 5.30. The van der Waals surface area contributed by atoms with E-state index in [1.807, 2.05) is 80.2 Å². The second kappa shape index (κ2) is 9.75. The Bertz CT molecular complexity index is 1130. The Hall–Kier alpha value is -3.18. The number of ether oxygens (including phenoxy) is 1. The maximum Gasteiger partial charge on any atom is 0.237 e. The van der Waals surface area contributed by atoms with Gasteiger partial charge in [-0.05, 0) is 79.5 Å². The van der Waals surface area contributed by atoms with Gasteiger partial charge in [0.1, 0.15) is 5.75 Å². The SMILES string of the molecule is COc1ccc(CNC(=S)C(=C([O-])c2cc(C)c(C)cc2C)[n+]2cccc(C)c2)cc1. The lowest BCUT2D eigenvalue weighted by Gasteiger charge is -2.20. The van der Waals surface area contributed by atoms with Crippen LogP contribution in [0.5, 0.6) is 5.75 Å². The van der Waals surface area contributed by atoms with E-state index in [0.29, 0.717) is 22.8 Å². The third-order valence-corrected chi connectivity index (χ3v) is 5.67. The van der Waals surface area contributed by atoms with Gasteiger partial charge in [-0.2, -0.15) is 4.57 Å². The maximum absolute atomic E-state index is 13.7. The Kier molecular flexibility index (Phi) is 7.08. The molecule has 1 aromatic heterocycles. The van der Waals surface area contributed by atoms with Gasteiger partial charge in [-0.15, -0.1) is 0 Å². The van der Waals surface area contributed by atoms with Crippen LogP contribution in [-0.2, 0) is 6.54 Å². The van der Waals surface area contributed by atoms with Crippen molar-refractivity contribution in [1.82, 2.24) is 5.32 Å². The highest BCUT2D eigenvalue weighted by Gasteiger charge is 2.20. The molecule has 1 heterocycles. The normalized spacial score (nSPS) is 11.6. The van der Waals surface area contributed by atoms with Crippen molar-refractivity contribution in [2.45, 2.75) is 34.2 Å². The minimum Gasteiger partial charge on any atom is -0.867 e. The fourth-order valence-electron chi connectivity index (χ4n) is 3.41. The van der Waals surface area contributed by atoms with Gasteiger partial charge < -0.3 is 15.2 Å². The molecule has 0 radical (unpaired) electrons. The van der Waals surface area contributed by atoms with Gasteiger partial charge in [-0.1, -0.05) is 36.5 Å². The molecule has 2 aromatic carbocycles. The molecule has 3 aromatic rings. The van der Waals surface area contributed by atoms with Gasteiger partial charge in [0.25, 0.3) is 0 Å². The highest BCUT2D eigenvalue weighted by atomic mass is 32.1. The number of pyridine rings is 1. The first-order valence-electron chi connectivity index (χ1n) is 10.2. The number of nitrogens with zero attached hydrogens (tertiary/aromatic N) is 1. The molecular formula is C26H28N2O2S. The highest BCUT2D eigenvalue weighted by Crippen LogP contribution is 2.22. The molecule has 0 aliphatic heterocycles. The molecule has 31 heavy (non-hydrogen) atoms. The average molecular weight is 433 g/mol. The summed E-state index contributed by atoms with van der Waals surface area (Å²) in [5, 5.41) is 16.9. The van der Waals surface area contributed by atoms with E-state index in [1.54, 1.807) is 7.11 Å². The summed E-state index contributed by atoms with van der Waals surface area (Å²) < 4.78 is 7.03. The number of thiocarbonyl (C=S) groups is 1. The van der Waals surface area contributed by atoms with Gasteiger partial charge >= 0.3 is 0 Å². The zero-order valence-corrected chi connectivity index (χ0v) is 19.5. The molecule has 0 aliphatic rings. The molecule has 0 bridgehead atoms. The lowest BCUT2D eigenvalue weighted by Crippen LogP contribution is -2.42. The van der Waals surface area contributed by atoms with E-state index in [1.165, 1.54) is 5.56 Å². The fourth-order valence-corrected chi connectivity index (χ4v) is 3.68. The van der Waals surface area contributed by atoms with Crippen LogP contribution in [0.3, 0.4) is 0 Å². The Morgan fingerprint density at radius 1 is 1.00 bits per heavy atom. The van der Waals surface area contributed by atoms with E-state index in [0.717, 1.165) is 28.0 Å². The Labute approximate surface area is 189 Å². The molecule has 0 spiro atoms. The number of nitrogens with one attached hydrogen (secondary N) is 1. The predicted octanol–water partition coefficient (Wildman–Crippen LogP) is 4.02. The molecule has 1 N–H and O–H groups in total. The number of rotatable bonds is 6. The third-order valence-electron chi connectivity index (χ3n) is 5.33. The summed E-state index contributed by atoms with van der Waals surface area (Å²) in [6, 6.07) is 15.7. The van der Waals surface area contributed by atoms with Crippen LogP contribution < -0.4 is 19.7 Å². The van der Waals surface area contributed by atoms with Crippen LogP contribution in [0.25, 0.3) is 11.5 Å². The quantitative estimate of drug-likeness (QED) is 0.277. The van der Waals surface area contributed by atoms with Crippen molar-refractivity contribution in [2.24, 2.45) is 0 Å². The summed E-state index contributed by atoms with van der Waals surface area (Å²) >= 11 is 5.71. The van der Waals surface area contributed by atoms with Crippen molar-refractivity contribution < 1.29 is 14.4 Å². The van der Waals surface area contributed by atoms with Gasteiger partial charge in [0, 0.05) is 18.2 Å². The summed E-state index contributed by atoms with van der Waals surface area (Å²) in [6.07, 6.45) is 3.78. The molecule has 0 saturated carbocycles. The number of methoxy groups -OCH3 is 1. The van der Waals surface area contributed by atoms with Crippen molar-refractivity contribution in [3.63, 3.8) is 0 Å². The van der Waals surface area contributed by atoms with Crippen molar-refractivity contribution in [3.05, 3.63) is 94.3 Å². The monoisotopic (exact) mass is 432 g/mol. The first-order valence-corrected chi connectivity index (χ1v) is 10.6. The lowest BCUT2D eigenvalue weighted by molar-refractivity contribution is -0.578. The van der Waals surface area contributed by atoms with Crippen LogP contribution in [0, 0.1) is 27.7 Å². The van der Waals surface area contributed by atoms with E-state index < -0.39 is 0 Å². The van der Waals surface area contributed by atoms with Crippen LogP contribution in [0.15, 0.2) is 60.9 Å². The largest absolute Gasteiger partial charge is 0.867 e. The summed E-state index contributed by atoms with van der Waals surface area (Å²) in [7, 11) is 1.64. The molecular weight excluding hydrogens is 404 g/mol. The van der Waals surface area contributed by atoms with Crippen LogP contribution in [0.4, 0.5) is 0 Å². The molecule has 0 atom stereocenters. The molecule has 0 unspecified atom stereocenters. The van der Waals surface area contributed by atoms with Gasteiger partial charge in [0.2, 0.25) is 5.70 Å². The molecule has 0 fully saturated rings. The van der Waals surface area contributed by atoms with E-state index in [4.69, 9.17) is 17.0 Å². The van der Waals surface area contributed by atoms with E-state index in [9.17, 15) is 5.11 Å². The first kappa shape index (κ1) is 22.5. The Balaban J connectivity index is 2.01. The number of hydrogen-bond acceptors (Lipinski definition) is 3. The topological polar surface area (TPSA) is 48.2 Å². The molecule has 0 aliphatic carbocycles. The smallest absolute Gasteiger partial charge is 0.237 e. The van der Waals surface area contributed by atoms with E-state index in [-0.39, 0.29) is 5.76 Å². The van der Waals surface area contributed by atoms with Crippen molar-refractivity contribution in [3.8, 4) is 5.75 Å². The van der Waals surface area contributed by atoms with Crippen molar-refractivity contribution in [2.75, 3.05) is 7.11 Å². The van der Waals surface area contributed by atoms with Gasteiger partial charge in [-0.3, -0.25) is 0 Å². The molecule has 0 amide bonds. The lowest BCUT2D eigenvalue weighted by atomic mass is 9.98. The molecule has 4 nitrogen and oxygen atoms in total. The minimum absolute atomic E-state index is 0.0940. The van der Waals surface area contributed by atoms with Gasteiger partial charge in [-0.25, -0.2) is 0 Å². The molecule has 3 rings (SSSR count). The van der Waals surface area contributed by atoms with Gasteiger partial charge in [0.15, 0.2) is 17.4 Å². The standard InChI is InChI=1S/C26H28N2O2S/c1-17-7-6-12-28(16-17)24(25(29)23-14-19(3)18(2)13-20(23)4)26(31)27-15-21-8-10-22(30-5)11-9-21/h6-14,16H,15H2,1-5H3,(H-,27,29,31). The fraction of sp³-hybridized carbons (Fsp3) is 0.231. The van der Waals surface area contributed by atoms with E-state index in [2.05, 4.69) is 18.3 Å². The van der Waals surface area contributed by atoms with E-state index >= 15 is 0 Å². The highest BCUT2D eigenvalue weighted by molar-refractivity contribution is 7.81. The summed E-state index contributed by atoms with van der Waals surface area (Å²) in [4.78, 5) is 0.411. The summed E-state index contributed by atoms with van der Waals surface area (Å²) in [5.41, 5.74) is 6.39. The van der Waals surface area contributed by atoms with Crippen LogP contribution in [0.2, 0.25) is 0 Å².